The number of rotatable bonds is 10. The van der Waals surface area contributed by atoms with E-state index < -0.39 is 0 Å². The Balaban J connectivity index is 1.30. The molecular weight excluding hydrogens is 384 g/mol. The van der Waals surface area contributed by atoms with Crippen molar-refractivity contribution in [2.24, 2.45) is 0 Å². The highest BCUT2D eigenvalue weighted by Crippen LogP contribution is 2.17. The second-order valence-electron chi connectivity index (χ2n) is 7.52. The Hall–Kier alpha value is -2.25. The first kappa shape index (κ1) is 21.5. The molecule has 0 saturated heterocycles. The molecule has 1 heterocycles. The van der Waals surface area contributed by atoms with Gasteiger partial charge in [0.15, 0.2) is 5.13 Å². The van der Waals surface area contributed by atoms with Crippen LogP contribution in [0.3, 0.4) is 0 Å². The van der Waals surface area contributed by atoms with Crippen molar-refractivity contribution in [2.45, 2.75) is 57.4 Å². The fourth-order valence-electron chi connectivity index (χ4n) is 3.55. The average Bonchev–Trinajstić information content (AvgIpc) is 3.15. The lowest BCUT2D eigenvalue weighted by atomic mass is 9.95. The molecule has 0 bridgehead atoms. The molecule has 3 rings (SSSR count). The summed E-state index contributed by atoms with van der Waals surface area (Å²) in [5.74, 6) is -0.137. The maximum absolute atomic E-state index is 12.1. The van der Waals surface area contributed by atoms with Crippen molar-refractivity contribution in [3.63, 3.8) is 0 Å². The molecule has 1 saturated carbocycles. The minimum Gasteiger partial charge on any atom is -0.356 e. The second kappa shape index (κ2) is 11.7. The van der Waals surface area contributed by atoms with E-state index in [1.54, 1.807) is 0 Å². The number of nitrogens with one attached hydrogen (secondary N) is 3. The zero-order chi connectivity index (χ0) is 20.3. The largest absolute Gasteiger partial charge is 0.356 e. The van der Waals surface area contributed by atoms with E-state index in [0.717, 1.165) is 18.5 Å². The zero-order valence-corrected chi connectivity index (χ0v) is 17.6. The monoisotopic (exact) mass is 414 g/mol. The van der Waals surface area contributed by atoms with Crippen LogP contribution in [0.5, 0.6) is 0 Å². The highest BCUT2D eigenvalue weighted by molar-refractivity contribution is 7.13. The highest BCUT2D eigenvalue weighted by atomic mass is 32.1. The summed E-state index contributed by atoms with van der Waals surface area (Å²) in [5.41, 5.74) is 1.64. The van der Waals surface area contributed by atoms with Gasteiger partial charge >= 0.3 is 0 Å². The van der Waals surface area contributed by atoms with E-state index in [1.807, 2.05) is 35.7 Å². The topological polar surface area (TPSA) is 83.1 Å². The first-order chi connectivity index (χ1) is 14.2. The molecule has 0 radical (unpaired) electrons. The third-order valence-electron chi connectivity index (χ3n) is 5.06. The molecule has 1 aromatic carbocycles. The summed E-state index contributed by atoms with van der Waals surface area (Å²) in [7, 11) is 0. The Kier molecular flexibility index (Phi) is 8.64. The summed E-state index contributed by atoms with van der Waals surface area (Å²) >= 11 is 1.35. The van der Waals surface area contributed by atoms with Gasteiger partial charge in [-0.15, -0.1) is 11.3 Å². The van der Waals surface area contributed by atoms with E-state index >= 15 is 0 Å². The quantitative estimate of drug-likeness (QED) is 0.521. The van der Waals surface area contributed by atoms with Crippen LogP contribution in [0.1, 0.15) is 49.8 Å². The fourth-order valence-corrected chi connectivity index (χ4v) is 4.27. The van der Waals surface area contributed by atoms with Crippen LogP contribution in [0.4, 0.5) is 5.13 Å². The molecule has 1 aliphatic rings. The lowest BCUT2D eigenvalue weighted by Crippen LogP contribution is -2.34. The molecule has 1 aliphatic carbocycles. The summed E-state index contributed by atoms with van der Waals surface area (Å²) in [4.78, 5) is 28.5. The van der Waals surface area contributed by atoms with Gasteiger partial charge in [0.25, 0.3) is 0 Å². The normalized spacial score (nSPS) is 14.5. The molecule has 2 amide bonds. The Labute approximate surface area is 176 Å². The summed E-state index contributed by atoms with van der Waals surface area (Å²) < 4.78 is 0. The van der Waals surface area contributed by atoms with Crippen LogP contribution < -0.4 is 16.0 Å². The van der Waals surface area contributed by atoms with E-state index in [4.69, 9.17) is 0 Å². The van der Waals surface area contributed by atoms with Gasteiger partial charge in [-0.3, -0.25) is 9.59 Å². The Morgan fingerprint density at radius 2 is 1.79 bits per heavy atom. The maximum Gasteiger partial charge on any atom is 0.230 e. The standard InChI is InChI=1S/C22H30N4O2S/c27-20(24-13-7-12-23-18-10-5-2-6-11-18)15-19-16-29-22(25-19)26-21(28)14-17-8-3-1-4-9-17/h1,3-4,8-9,16,18,23H,2,5-7,10-15H2,(H,24,27)(H,25,26,28). The first-order valence-electron chi connectivity index (χ1n) is 10.5. The molecule has 0 atom stereocenters. The van der Waals surface area contributed by atoms with Crippen LogP contribution in [-0.4, -0.2) is 35.9 Å². The third kappa shape index (κ3) is 7.95. The van der Waals surface area contributed by atoms with Crippen LogP contribution in [0, 0.1) is 0 Å². The van der Waals surface area contributed by atoms with Crippen molar-refractivity contribution >= 4 is 28.3 Å². The van der Waals surface area contributed by atoms with Crippen molar-refractivity contribution in [1.29, 1.82) is 0 Å². The third-order valence-corrected chi connectivity index (χ3v) is 5.87. The van der Waals surface area contributed by atoms with Gasteiger partial charge in [-0.25, -0.2) is 4.98 Å². The fraction of sp³-hybridized carbons (Fsp3) is 0.500. The van der Waals surface area contributed by atoms with E-state index in [2.05, 4.69) is 20.9 Å². The molecule has 1 aromatic heterocycles. The van der Waals surface area contributed by atoms with Crippen molar-refractivity contribution < 1.29 is 9.59 Å². The minimum absolute atomic E-state index is 0.0323. The number of hydrogen-bond acceptors (Lipinski definition) is 5. The van der Waals surface area contributed by atoms with Crippen LogP contribution in [-0.2, 0) is 22.4 Å². The lowest BCUT2D eigenvalue weighted by molar-refractivity contribution is -0.120. The van der Waals surface area contributed by atoms with Crippen LogP contribution >= 0.6 is 11.3 Å². The molecule has 29 heavy (non-hydrogen) atoms. The Morgan fingerprint density at radius 3 is 2.59 bits per heavy atom. The summed E-state index contributed by atoms with van der Waals surface area (Å²) in [6, 6.07) is 10.2. The highest BCUT2D eigenvalue weighted by Gasteiger charge is 2.12. The number of nitrogens with zero attached hydrogens (tertiary/aromatic N) is 1. The maximum atomic E-state index is 12.1. The molecule has 0 aliphatic heterocycles. The summed E-state index contributed by atoms with van der Waals surface area (Å²) in [6.07, 6.45) is 8.06. The number of anilines is 1. The van der Waals surface area contributed by atoms with Gasteiger partial charge in [-0.2, -0.15) is 0 Å². The molecule has 2 aromatic rings. The number of hydrogen-bond donors (Lipinski definition) is 3. The van der Waals surface area contributed by atoms with Gasteiger partial charge in [0, 0.05) is 18.0 Å². The number of aromatic nitrogens is 1. The number of benzene rings is 1. The minimum atomic E-state index is -0.105. The Morgan fingerprint density at radius 1 is 1.00 bits per heavy atom. The molecular formula is C22H30N4O2S. The number of thiazole rings is 1. The van der Waals surface area contributed by atoms with Crippen LogP contribution in [0.25, 0.3) is 0 Å². The predicted octanol–water partition coefficient (Wildman–Crippen LogP) is 3.30. The number of amides is 2. The molecule has 3 N–H and O–H groups in total. The predicted molar refractivity (Wildman–Crippen MR) is 117 cm³/mol. The zero-order valence-electron chi connectivity index (χ0n) is 16.8. The number of carbonyl (C=O) groups excluding carboxylic acids is 2. The van der Waals surface area contributed by atoms with Gasteiger partial charge in [0.2, 0.25) is 11.8 Å². The molecule has 0 unspecified atom stereocenters. The number of carbonyl (C=O) groups is 2. The van der Waals surface area contributed by atoms with E-state index in [-0.39, 0.29) is 18.2 Å². The van der Waals surface area contributed by atoms with Crippen LogP contribution in [0.2, 0.25) is 0 Å². The second-order valence-corrected chi connectivity index (χ2v) is 8.38. The van der Waals surface area contributed by atoms with E-state index in [9.17, 15) is 9.59 Å². The van der Waals surface area contributed by atoms with Gasteiger partial charge in [0.05, 0.1) is 18.5 Å². The molecule has 156 valence electrons. The molecule has 0 spiro atoms. The summed E-state index contributed by atoms with van der Waals surface area (Å²) in [6.45, 7) is 1.61. The van der Waals surface area contributed by atoms with Gasteiger partial charge in [-0.1, -0.05) is 49.6 Å². The van der Waals surface area contributed by atoms with Gasteiger partial charge in [-0.05, 0) is 31.4 Å². The van der Waals surface area contributed by atoms with E-state index in [1.165, 1.54) is 43.4 Å². The van der Waals surface area contributed by atoms with Crippen LogP contribution in [0.15, 0.2) is 35.7 Å². The van der Waals surface area contributed by atoms with Crippen molar-refractivity contribution in [2.75, 3.05) is 18.4 Å². The van der Waals surface area contributed by atoms with Crippen molar-refractivity contribution in [3.05, 3.63) is 47.0 Å². The summed E-state index contributed by atoms with van der Waals surface area (Å²) in [5, 5.41) is 11.7. The van der Waals surface area contributed by atoms with Gasteiger partial charge in [0.1, 0.15) is 0 Å². The SMILES string of the molecule is O=C(Cc1csc(NC(=O)Cc2ccccc2)n1)NCCCNC1CCCCC1. The van der Waals surface area contributed by atoms with Crippen molar-refractivity contribution in [3.8, 4) is 0 Å². The molecule has 7 heteroatoms. The van der Waals surface area contributed by atoms with Crippen molar-refractivity contribution in [1.82, 2.24) is 15.6 Å². The average molecular weight is 415 g/mol. The Bertz CT molecular complexity index is 772. The lowest BCUT2D eigenvalue weighted by Gasteiger charge is -2.22. The van der Waals surface area contributed by atoms with E-state index in [0.29, 0.717) is 29.8 Å². The van der Waals surface area contributed by atoms with Gasteiger partial charge < -0.3 is 16.0 Å². The smallest absolute Gasteiger partial charge is 0.230 e. The first-order valence-corrected chi connectivity index (χ1v) is 11.4. The molecule has 6 nitrogen and oxygen atoms in total. The molecule has 1 fully saturated rings.